The molecule has 4 atom stereocenters. The van der Waals surface area contributed by atoms with Crippen LogP contribution in [-0.4, -0.2) is 255 Å². The lowest BCUT2D eigenvalue weighted by molar-refractivity contribution is -0.657. The highest BCUT2D eigenvalue weighted by Crippen LogP contribution is 2.19. The van der Waals surface area contributed by atoms with Crippen molar-refractivity contribution in [3.05, 3.63) is 0 Å². The van der Waals surface area contributed by atoms with Crippen LogP contribution in [0, 0.1) is 5.41 Å². The molecule has 0 heterocycles. The first kappa shape index (κ1) is 77.9. The number of quaternary nitrogens is 4. The first-order valence-corrected chi connectivity index (χ1v) is 21.2. The molecule has 0 aromatic carbocycles. The number of hydrogen-bond acceptors (Lipinski definition) is 22. The van der Waals surface area contributed by atoms with Crippen molar-refractivity contribution < 1.29 is 129 Å². The van der Waals surface area contributed by atoms with Crippen LogP contribution >= 0.6 is 0 Å². The van der Waals surface area contributed by atoms with E-state index in [0.29, 0.717) is 0 Å². The summed E-state index contributed by atoms with van der Waals surface area (Å²) in [5, 5.41) is 92.4. The van der Waals surface area contributed by atoms with Crippen molar-refractivity contribution in [3.63, 3.8) is 0 Å². The second kappa shape index (κ2) is 62.7. The maximum atomic E-state index is 11.2. The molecule has 1 amide bonds. The van der Waals surface area contributed by atoms with Crippen LogP contribution in [0.25, 0.3) is 0 Å². The maximum Gasteiger partial charge on any atom is 0.249 e. The number of aliphatic carboxylic acids is 4. The Bertz CT molecular complexity index is 971. The standard InChI is InChI=1S/C9H17NO5.4C6H15NO2.C4H6O6.C3H6O3/c1-9(2,5-11)7(14)8(15)10-4-3-6(12)13;4*1-8-5-3-7-4-6-9-2;5-1(3(7)8)2(6)4(9)10;1-2(4)3(5)6/h7,11,14H,3-5H2,1-2H3,(H,10,15)(H,12,13);4*7H,3-6H2,1-2H3;1-2,5-6H,(H,7,8)(H,9,10);2,4H,1H3,(H,5,6)/t7-;;;;;;/m0....../s1. The van der Waals surface area contributed by atoms with Gasteiger partial charge in [-0.15, -0.1) is 0 Å². The molecule has 3 unspecified atom stereocenters. The summed E-state index contributed by atoms with van der Waals surface area (Å²) in [6.45, 7) is 18.5. The fourth-order valence-corrected chi connectivity index (χ4v) is 3.27. The van der Waals surface area contributed by atoms with Gasteiger partial charge in [-0.1, -0.05) is 13.8 Å². The molecule has 0 aliphatic carbocycles. The smallest absolute Gasteiger partial charge is 0.249 e. The predicted molar refractivity (Wildman–Crippen MR) is 230 cm³/mol. The van der Waals surface area contributed by atoms with Crippen LogP contribution in [0.4, 0.5) is 0 Å². The summed E-state index contributed by atoms with van der Waals surface area (Å²) in [4.78, 5) is 49.9. The Morgan fingerprint density at radius 2 is 0.716 bits per heavy atom. The highest BCUT2D eigenvalue weighted by atomic mass is 16.5. The van der Waals surface area contributed by atoms with Crippen LogP contribution in [-0.2, 0) is 61.9 Å². The molecule has 0 aliphatic rings. The number of amides is 1. The van der Waals surface area contributed by atoms with E-state index in [9.17, 15) is 49.5 Å². The van der Waals surface area contributed by atoms with Crippen molar-refractivity contribution in [2.75, 3.05) is 175 Å². The number of nitrogens with one attached hydrogen (secondary N) is 1. The molecule has 0 rings (SSSR count). The molecule has 0 bridgehead atoms. The van der Waals surface area contributed by atoms with E-state index in [4.69, 9.17) is 58.3 Å². The lowest BCUT2D eigenvalue weighted by Crippen LogP contribution is -2.86. The van der Waals surface area contributed by atoms with Gasteiger partial charge in [0.05, 0.1) is 136 Å². The van der Waals surface area contributed by atoms with Crippen LogP contribution < -0.4 is 47.0 Å². The van der Waals surface area contributed by atoms with Gasteiger partial charge in [0.15, 0.2) is 0 Å². The average Bonchev–Trinajstić information content (AvgIpc) is 3.29. The highest BCUT2D eigenvalue weighted by molar-refractivity contribution is 5.82. The molecule has 0 aromatic heterocycles. The molecule has 14 N–H and O–H groups in total. The van der Waals surface area contributed by atoms with Crippen LogP contribution in [0.1, 0.15) is 27.2 Å². The summed E-state index contributed by atoms with van der Waals surface area (Å²) in [5.41, 5.74) is -0.953. The van der Waals surface area contributed by atoms with Gasteiger partial charge < -0.3 is 130 Å². The molecule has 0 fully saturated rings. The SMILES string of the molecule is CC(C)(CO)[C@@H](O)C(=O)NCCC(=O)[O-].CC(O)C(=O)[O-].COCC[NH2+]CCOC.COCC[NH2+]CCOC.COCC[NH2+]CCOC.COCC[NH2+]CCOC.O=C([O-])C(O)C(O)C(=O)[O-]. The van der Waals surface area contributed by atoms with Crippen molar-refractivity contribution in [2.45, 2.75) is 51.6 Å². The number of carboxylic acids is 4. The summed E-state index contributed by atoms with van der Waals surface area (Å²) >= 11 is 0. The van der Waals surface area contributed by atoms with Gasteiger partial charge in [0.25, 0.3) is 0 Å². The maximum absolute atomic E-state index is 11.2. The second-order valence-electron chi connectivity index (χ2n) is 13.9. The third-order valence-corrected chi connectivity index (χ3v) is 7.36. The Morgan fingerprint density at radius 3 is 0.866 bits per heavy atom. The van der Waals surface area contributed by atoms with Gasteiger partial charge in [-0.3, -0.25) is 4.79 Å². The highest BCUT2D eigenvalue weighted by Gasteiger charge is 2.32. The largest absolute Gasteiger partial charge is 0.550 e. The fourth-order valence-electron chi connectivity index (χ4n) is 3.27. The topological polar surface area (TPSA) is 431 Å². The van der Waals surface area contributed by atoms with E-state index >= 15 is 0 Å². The molecular formula is C40H89N5O22. The number of aliphatic hydroxyl groups is 5. The summed E-state index contributed by atoms with van der Waals surface area (Å²) in [7, 11) is 13.7. The van der Waals surface area contributed by atoms with E-state index in [2.05, 4.69) is 26.6 Å². The Hall–Kier alpha value is -3.33. The molecule has 0 aromatic rings. The molecule has 27 nitrogen and oxygen atoms in total. The van der Waals surface area contributed by atoms with Crippen molar-refractivity contribution in [2.24, 2.45) is 5.41 Å². The number of ether oxygens (including phenoxy) is 8. The third kappa shape index (κ3) is 74.4. The molecule has 27 heteroatoms. The molecule has 0 radical (unpaired) electrons. The number of methoxy groups -OCH3 is 8. The molecule has 0 saturated heterocycles. The van der Waals surface area contributed by atoms with E-state index in [1.807, 2.05) is 0 Å². The third-order valence-electron chi connectivity index (χ3n) is 7.36. The number of carbonyl (C=O) groups is 5. The van der Waals surface area contributed by atoms with Crippen molar-refractivity contribution in [1.29, 1.82) is 0 Å². The van der Waals surface area contributed by atoms with Crippen molar-refractivity contribution in [3.8, 4) is 0 Å². The minimum atomic E-state index is -2.44. The molecule has 0 aliphatic heterocycles. The second-order valence-corrected chi connectivity index (χ2v) is 13.9. The zero-order chi connectivity index (χ0) is 53.3. The summed E-state index contributed by atoms with van der Waals surface area (Å²) in [5.74, 6) is -7.52. The zero-order valence-electron chi connectivity index (χ0n) is 41.7. The zero-order valence-corrected chi connectivity index (χ0v) is 41.7. The number of nitrogens with two attached hydrogens (primary N) is 4. The molecule has 0 spiro atoms. The van der Waals surface area contributed by atoms with E-state index in [1.54, 1.807) is 56.9 Å². The molecular weight excluding hydrogens is 902 g/mol. The van der Waals surface area contributed by atoms with E-state index in [0.717, 1.165) is 112 Å². The molecule has 67 heavy (non-hydrogen) atoms. The van der Waals surface area contributed by atoms with Gasteiger partial charge in [0, 0.05) is 81.2 Å². The number of rotatable bonds is 34. The fraction of sp³-hybridized carbons (Fsp3) is 0.875. The van der Waals surface area contributed by atoms with E-state index in [1.165, 1.54) is 13.8 Å². The van der Waals surface area contributed by atoms with Crippen molar-refractivity contribution in [1.82, 2.24) is 5.32 Å². The van der Waals surface area contributed by atoms with E-state index in [-0.39, 0.29) is 19.6 Å². The monoisotopic (exact) mass is 992 g/mol. The first-order chi connectivity index (χ1) is 31.6. The molecule has 406 valence electrons. The summed E-state index contributed by atoms with van der Waals surface area (Å²) < 4.78 is 38.8. The summed E-state index contributed by atoms with van der Waals surface area (Å²) in [6, 6.07) is 0. The lowest BCUT2D eigenvalue weighted by Gasteiger charge is -2.27. The first-order valence-electron chi connectivity index (χ1n) is 21.2. The normalized spacial score (nSPS) is 11.9. The van der Waals surface area contributed by atoms with E-state index < -0.39 is 59.6 Å². The van der Waals surface area contributed by atoms with Crippen molar-refractivity contribution >= 4 is 29.8 Å². The minimum absolute atomic E-state index is 0.0975. The van der Waals surface area contributed by atoms with Gasteiger partial charge >= 0.3 is 0 Å². The number of aliphatic hydroxyl groups excluding tert-OH is 5. The van der Waals surface area contributed by atoms with Gasteiger partial charge in [-0.25, -0.2) is 0 Å². The van der Waals surface area contributed by atoms with Crippen LogP contribution in [0.5, 0.6) is 0 Å². The van der Waals surface area contributed by atoms with Gasteiger partial charge in [0.2, 0.25) is 5.91 Å². The quantitative estimate of drug-likeness (QED) is 0.0268. The van der Waals surface area contributed by atoms with Crippen LogP contribution in [0.3, 0.4) is 0 Å². The van der Waals surface area contributed by atoms with Gasteiger partial charge in [-0.05, 0) is 6.92 Å². The Morgan fingerprint density at radius 1 is 0.493 bits per heavy atom. The van der Waals surface area contributed by atoms with Gasteiger partial charge in [0.1, 0.15) is 18.3 Å². The summed E-state index contributed by atoms with van der Waals surface area (Å²) in [6.07, 6.45) is -7.90. The lowest BCUT2D eigenvalue weighted by atomic mass is 9.87. The Balaban J connectivity index is -0.000000127. The Labute approximate surface area is 396 Å². The number of carbonyl (C=O) groups excluding carboxylic acids is 5. The molecule has 0 saturated carbocycles. The predicted octanol–water partition coefficient (Wildman–Crippen LogP) is -13.7. The number of hydrogen-bond donors (Lipinski definition) is 10. The number of carboxylic acid groups (broad SMARTS) is 4. The van der Waals surface area contributed by atoms with Crippen LogP contribution in [0.2, 0.25) is 0 Å². The average molecular weight is 992 g/mol. The van der Waals surface area contributed by atoms with Crippen LogP contribution in [0.15, 0.2) is 0 Å². The minimum Gasteiger partial charge on any atom is -0.550 e. The Kier molecular flexibility index (Phi) is 72.8. The van der Waals surface area contributed by atoms with Gasteiger partial charge in [-0.2, -0.15) is 0 Å².